The number of carbonyl (C=O) groups is 1. The number of benzene rings is 1. The zero-order valence-electron chi connectivity index (χ0n) is 9.47. The number of halogens is 1. The van der Waals surface area contributed by atoms with E-state index in [2.05, 4.69) is 4.74 Å². The fraction of sp³-hybridized carbons (Fsp3) is 0.364. The summed E-state index contributed by atoms with van der Waals surface area (Å²) in [5, 5.41) is 9.90. The van der Waals surface area contributed by atoms with Crippen molar-refractivity contribution in [3.05, 3.63) is 39.4 Å². The van der Waals surface area contributed by atoms with E-state index in [1.807, 2.05) is 0 Å². The number of hydrogen-bond acceptors (Lipinski definition) is 4. The standard InChI is InChI=1S/C11H12ClNO4/c1-7-8(6-9(12)11(14)17-2)4-3-5-10(7)13(15)16/h3-5,9H,6H2,1-2H3. The number of rotatable bonds is 4. The second kappa shape index (κ2) is 5.63. The largest absolute Gasteiger partial charge is 0.468 e. The Morgan fingerprint density at radius 2 is 2.24 bits per heavy atom. The molecule has 17 heavy (non-hydrogen) atoms. The highest BCUT2D eigenvalue weighted by molar-refractivity contribution is 6.30. The van der Waals surface area contributed by atoms with Gasteiger partial charge in [0.1, 0.15) is 5.38 Å². The molecule has 0 saturated heterocycles. The Morgan fingerprint density at radius 3 is 2.76 bits per heavy atom. The van der Waals surface area contributed by atoms with Crippen LogP contribution in [0.1, 0.15) is 11.1 Å². The van der Waals surface area contributed by atoms with E-state index < -0.39 is 16.3 Å². The molecule has 0 saturated carbocycles. The molecule has 0 aromatic heterocycles. The van der Waals surface area contributed by atoms with Crippen LogP contribution in [-0.2, 0) is 16.0 Å². The van der Waals surface area contributed by atoms with Crippen molar-refractivity contribution in [2.45, 2.75) is 18.7 Å². The quantitative estimate of drug-likeness (QED) is 0.359. The van der Waals surface area contributed by atoms with Gasteiger partial charge in [-0.05, 0) is 18.9 Å². The minimum atomic E-state index is -0.833. The average Bonchev–Trinajstić information content (AvgIpc) is 2.30. The maximum Gasteiger partial charge on any atom is 0.324 e. The minimum Gasteiger partial charge on any atom is -0.468 e. The van der Waals surface area contributed by atoms with E-state index in [9.17, 15) is 14.9 Å². The van der Waals surface area contributed by atoms with Gasteiger partial charge >= 0.3 is 5.97 Å². The molecule has 5 nitrogen and oxygen atoms in total. The predicted molar refractivity (Wildman–Crippen MR) is 63.2 cm³/mol. The van der Waals surface area contributed by atoms with Crippen LogP contribution in [-0.4, -0.2) is 23.4 Å². The van der Waals surface area contributed by atoms with Gasteiger partial charge < -0.3 is 4.74 Å². The smallest absolute Gasteiger partial charge is 0.324 e. The van der Waals surface area contributed by atoms with Gasteiger partial charge in [-0.25, -0.2) is 0 Å². The van der Waals surface area contributed by atoms with Gasteiger partial charge in [-0.2, -0.15) is 0 Å². The number of methoxy groups -OCH3 is 1. The lowest BCUT2D eigenvalue weighted by Crippen LogP contribution is -2.19. The number of nitro groups is 1. The maximum absolute atomic E-state index is 11.2. The van der Waals surface area contributed by atoms with Crippen molar-refractivity contribution >= 4 is 23.3 Å². The van der Waals surface area contributed by atoms with Gasteiger partial charge in [0.15, 0.2) is 0 Å². The van der Waals surface area contributed by atoms with Crippen LogP contribution in [0.3, 0.4) is 0 Å². The summed E-state index contributed by atoms with van der Waals surface area (Å²) in [5.41, 5.74) is 1.22. The normalized spacial score (nSPS) is 11.9. The molecule has 0 N–H and O–H groups in total. The molecule has 1 atom stereocenters. The first-order valence-electron chi connectivity index (χ1n) is 4.92. The molecular weight excluding hydrogens is 246 g/mol. The summed E-state index contributed by atoms with van der Waals surface area (Å²) in [5.74, 6) is -0.544. The maximum atomic E-state index is 11.2. The summed E-state index contributed by atoms with van der Waals surface area (Å²) in [6.45, 7) is 1.63. The van der Waals surface area contributed by atoms with E-state index >= 15 is 0 Å². The third kappa shape index (κ3) is 3.17. The third-order valence-corrected chi connectivity index (χ3v) is 2.80. The van der Waals surface area contributed by atoms with E-state index in [0.29, 0.717) is 11.1 Å². The topological polar surface area (TPSA) is 69.4 Å². The molecule has 0 fully saturated rings. The van der Waals surface area contributed by atoms with Crippen molar-refractivity contribution in [1.29, 1.82) is 0 Å². The number of hydrogen-bond donors (Lipinski definition) is 0. The van der Waals surface area contributed by atoms with Gasteiger partial charge in [-0.1, -0.05) is 12.1 Å². The number of alkyl halides is 1. The second-order valence-electron chi connectivity index (χ2n) is 3.51. The highest BCUT2D eigenvalue weighted by Gasteiger charge is 2.20. The summed E-state index contributed by atoms with van der Waals surface area (Å²) >= 11 is 5.83. The van der Waals surface area contributed by atoms with Gasteiger partial charge in [-0.3, -0.25) is 14.9 Å². The fourth-order valence-electron chi connectivity index (χ4n) is 1.49. The molecule has 0 aliphatic carbocycles. The number of esters is 1. The summed E-state index contributed by atoms with van der Waals surface area (Å²) in [4.78, 5) is 21.4. The monoisotopic (exact) mass is 257 g/mol. The average molecular weight is 258 g/mol. The molecule has 0 aliphatic heterocycles. The molecule has 0 amide bonds. The molecule has 1 aromatic carbocycles. The Balaban J connectivity index is 2.96. The molecule has 0 bridgehead atoms. The third-order valence-electron chi connectivity index (χ3n) is 2.47. The summed E-state index contributed by atoms with van der Waals surface area (Å²) in [6, 6.07) is 4.70. The molecule has 0 spiro atoms. The molecule has 1 aromatic rings. The molecular formula is C11H12ClNO4. The Bertz CT molecular complexity index is 447. The van der Waals surface area contributed by atoms with Crippen LogP contribution in [0.2, 0.25) is 0 Å². The lowest BCUT2D eigenvalue weighted by atomic mass is 10.0. The highest BCUT2D eigenvalue weighted by atomic mass is 35.5. The van der Waals surface area contributed by atoms with Crippen LogP contribution < -0.4 is 0 Å². The van der Waals surface area contributed by atoms with Crippen LogP contribution in [0.5, 0.6) is 0 Å². The Labute approximate surface area is 103 Å². The van der Waals surface area contributed by atoms with Crippen molar-refractivity contribution in [3.63, 3.8) is 0 Å². The zero-order chi connectivity index (χ0) is 13.0. The van der Waals surface area contributed by atoms with Gasteiger partial charge in [0.2, 0.25) is 0 Å². The van der Waals surface area contributed by atoms with E-state index in [-0.39, 0.29) is 12.1 Å². The molecule has 0 heterocycles. The first-order valence-corrected chi connectivity index (χ1v) is 5.35. The van der Waals surface area contributed by atoms with Crippen LogP contribution >= 0.6 is 11.6 Å². The predicted octanol–water partition coefficient (Wildman–Crippen LogP) is 2.23. The van der Waals surface area contributed by atoms with Crippen molar-refractivity contribution in [1.82, 2.24) is 0 Å². The summed E-state index contributed by atoms with van der Waals surface area (Å²) in [6.07, 6.45) is 0.210. The van der Waals surface area contributed by atoms with Crippen LogP contribution in [0, 0.1) is 17.0 Å². The second-order valence-corrected chi connectivity index (χ2v) is 4.04. The summed E-state index contributed by atoms with van der Waals surface area (Å²) < 4.78 is 4.50. The molecule has 0 radical (unpaired) electrons. The Morgan fingerprint density at radius 1 is 1.59 bits per heavy atom. The van der Waals surface area contributed by atoms with E-state index in [0.717, 1.165) is 0 Å². The first kappa shape index (κ1) is 13.4. The lowest BCUT2D eigenvalue weighted by molar-refractivity contribution is -0.385. The fourth-order valence-corrected chi connectivity index (χ4v) is 1.75. The number of nitrogens with zero attached hydrogens (tertiary/aromatic N) is 1. The van der Waals surface area contributed by atoms with Crippen LogP contribution in [0.25, 0.3) is 0 Å². The SMILES string of the molecule is COC(=O)C(Cl)Cc1cccc([N+](=O)[O-])c1C. The number of carbonyl (C=O) groups excluding carboxylic acids is 1. The van der Waals surface area contributed by atoms with Gasteiger partial charge in [0.05, 0.1) is 12.0 Å². The van der Waals surface area contributed by atoms with Crippen LogP contribution in [0.15, 0.2) is 18.2 Å². The van der Waals surface area contributed by atoms with Gasteiger partial charge in [0, 0.05) is 11.6 Å². The van der Waals surface area contributed by atoms with Gasteiger partial charge in [-0.15, -0.1) is 11.6 Å². The van der Waals surface area contributed by atoms with Crippen molar-refractivity contribution in [2.75, 3.05) is 7.11 Å². The molecule has 1 rings (SSSR count). The van der Waals surface area contributed by atoms with Crippen molar-refractivity contribution < 1.29 is 14.5 Å². The van der Waals surface area contributed by atoms with Gasteiger partial charge in [0.25, 0.3) is 5.69 Å². The highest BCUT2D eigenvalue weighted by Crippen LogP contribution is 2.23. The van der Waals surface area contributed by atoms with Crippen molar-refractivity contribution in [2.24, 2.45) is 0 Å². The Hall–Kier alpha value is -1.62. The molecule has 1 unspecified atom stereocenters. The van der Waals surface area contributed by atoms with Crippen LogP contribution in [0.4, 0.5) is 5.69 Å². The first-order chi connectivity index (χ1) is 7.97. The van der Waals surface area contributed by atoms with E-state index in [1.165, 1.54) is 13.2 Å². The lowest BCUT2D eigenvalue weighted by Gasteiger charge is -2.09. The minimum absolute atomic E-state index is 0.0243. The Kier molecular flexibility index (Phi) is 4.45. The number of nitro benzene ring substituents is 1. The van der Waals surface area contributed by atoms with E-state index in [4.69, 9.17) is 11.6 Å². The summed E-state index contributed by atoms with van der Waals surface area (Å²) in [7, 11) is 1.25. The molecule has 6 heteroatoms. The number of ether oxygens (including phenoxy) is 1. The molecule has 0 aliphatic rings. The zero-order valence-corrected chi connectivity index (χ0v) is 10.2. The van der Waals surface area contributed by atoms with E-state index in [1.54, 1.807) is 19.1 Å². The molecule has 92 valence electrons. The van der Waals surface area contributed by atoms with Crippen molar-refractivity contribution in [3.8, 4) is 0 Å².